The molecule has 0 saturated carbocycles. The van der Waals surface area contributed by atoms with E-state index in [1.165, 1.54) is 6.07 Å². The molecule has 0 aliphatic heterocycles. The van der Waals surface area contributed by atoms with Gasteiger partial charge in [0.1, 0.15) is 5.82 Å². The van der Waals surface area contributed by atoms with E-state index in [-0.39, 0.29) is 12.3 Å². The summed E-state index contributed by atoms with van der Waals surface area (Å²) in [4.78, 5) is 11.9. The van der Waals surface area contributed by atoms with Crippen LogP contribution in [0.2, 0.25) is 10.0 Å². The predicted octanol–water partition coefficient (Wildman–Crippen LogP) is 5.08. The molecule has 1 amide bonds. The molecule has 2 nitrogen and oxygen atoms in total. The zero-order valence-corrected chi connectivity index (χ0v) is 13.2. The van der Waals surface area contributed by atoms with Crippen molar-refractivity contribution in [3.63, 3.8) is 0 Å². The Morgan fingerprint density at radius 3 is 2.60 bits per heavy atom. The van der Waals surface area contributed by atoms with Gasteiger partial charge in [-0.2, -0.15) is 0 Å². The Bertz CT molecular complexity index is 664. The van der Waals surface area contributed by atoms with Gasteiger partial charge >= 0.3 is 0 Å². The van der Waals surface area contributed by atoms with Gasteiger partial charge in [-0.1, -0.05) is 39.1 Å². The number of rotatable bonds is 3. The number of hydrogen-bond donors (Lipinski definition) is 1. The van der Waals surface area contributed by atoms with Crippen molar-refractivity contribution in [1.82, 2.24) is 0 Å². The van der Waals surface area contributed by atoms with Crippen molar-refractivity contribution in [2.75, 3.05) is 5.32 Å². The van der Waals surface area contributed by atoms with Crippen LogP contribution in [0.4, 0.5) is 10.1 Å². The molecule has 2 aromatic rings. The molecule has 0 aliphatic rings. The molecule has 6 heteroatoms. The standard InChI is InChI=1S/C14H9BrCl2FNO/c15-9-1-4-13(18)8(5-9)6-14(20)19-10-2-3-11(16)12(17)7-10/h1-5,7H,6H2,(H,19,20). The second-order valence-corrected chi connectivity index (χ2v) is 5.82. The van der Waals surface area contributed by atoms with Crippen LogP contribution in [0.5, 0.6) is 0 Å². The van der Waals surface area contributed by atoms with Crippen molar-refractivity contribution >= 4 is 50.7 Å². The molecular formula is C14H9BrCl2FNO. The van der Waals surface area contributed by atoms with Gasteiger partial charge in [-0.15, -0.1) is 0 Å². The highest BCUT2D eigenvalue weighted by molar-refractivity contribution is 9.10. The number of hydrogen-bond acceptors (Lipinski definition) is 1. The van der Waals surface area contributed by atoms with Gasteiger partial charge in [0, 0.05) is 10.2 Å². The first kappa shape index (κ1) is 15.3. The minimum Gasteiger partial charge on any atom is -0.326 e. The van der Waals surface area contributed by atoms with E-state index in [1.54, 1.807) is 30.3 Å². The number of nitrogens with one attached hydrogen (secondary N) is 1. The molecular weight excluding hydrogens is 368 g/mol. The lowest BCUT2D eigenvalue weighted by molar-refractivity contribution is -0.115. The summed E-state index contributed by atoms with van der Waals surface area (Å²) in [5.41, 5.74) is 0.830. The van der Waals surface area contributed by atoms with E-state index in [0.29, 0.717) is 21.3 Å². The van der Waals surface area contributed by atoms with Crippen molar-refractivity contribution < 1.29 is 9.18 Å². The number of anilines is 1. The molecule has 0 heterocycles. The molecule has 0 saturated heterocycles. The minimum atomic E-state index is -0.419. The molecule has 1 N–H and O–H groups in total. The first-order valence-electron chi connectivity index (χ1n) is 5.64. The summed E-state index contributed by atoms with van der Waals surface area (Å²) in [5, 5.41) is 3.39. The minimum absolute atomic E-state index is 0.0640. The number of carbonyl (C=O) groups is 1. The molecule has 0 spiro atoms. The van der Waals surface area contributed by atoms with Crippen molar-refractivity contribution in [2.24, 2.45) is 0 Å². The highest BCUT2D eigenvalue weighted by atomic mass is 79.9. The Balaban J connectivity index is 2.09. The fourth-order valence-corrected chi connectivity index (χ4v) is 2.34. The highest BCUT2D eigenvalue weighted by Gasteiger charge is 2.10. The Morgan fingerprint density at radius 1 is 1.15 bits per heavy atom. The summed E-state index contributed by atoms with van der Waals surface area (Å²) in [6.07, 6.45) is -0.0640. The quantitative estimate of drug-likeness (QED) is 0.795. The molecule has 0 unspecified atom stereocenters. The van der Waals surface area contributed by atoms with Crippen LogP contribution in [0.25, 0.3) is 0 Å². The first-order valence-corrected chi connectivity index (χ1v) is 7.19. The summed E-state index contributed by atoms with van der Waals surface area (Å²) >= 11 is 14.9. The van der Waals surface area contributed by atoms with Gasteiger partial charge in [0.2, 0.25) is 5.91 Å². The average molecular weight is 377 g/mol. The second-order valence-electron chi connectivity index (χ2n) is 4.09. The van der Waals surface area contributed by atoms with Gasteiger partial charge < -0.3 is 5.32 Å². The molecule has 0 radical (unpaired) electrons. The summed E-state index contributed by atoms with van der Waals surface area (Å²) < 4.78 is 14.3. The lowest BCUT2D eigenvalue weighted by atomic mass is 10.1. The van der Waals surface area contributed by atoms with E-state index in [1.807, 2.05) is 0 Å². The van der Waals surface area contributed by atoms with E-state index in [4.69, 9.17) is 23.2 Å². The lowest BCUT2D eigenvalue weighted by Crippen LogP contribution is -2.15. The van der Waals surface area contributed by atoms with E-state index in [9.17, 15) is 9.18 Å². The molecule has 0 fully saturated rings. The third-order valence-electron chi connectivity index (χ3n) is 2.56. The van der Waals surface area contributed by atoms with Crippen LogP contribution in [0.3, 0.4) is 0 Å². The number of amides is 1. The Labute approximate surface area is 134 Å². The van der Waals surface area contributed by atoms with Crippen molar-refractivity contribution in [3.8, 4) is 0 Å². The van der Waals surface area contributed by atoms with Crippen LogP contribution in [-0.2, 0) is 11.2 Å². The SMILES string of the molecule is O=C(Cc1cc(Br)ccc1F)Nc1ccc(Cl)c(Cl)c1. The fourth-order valence-electron chi connectivity index (χ4n) is 1.63. The fraction of sp³-hybridized carbons (Fsp3) is 0.0714. The first-order chi connectivity index (χ1) is 9.45. The third kappa shape index (κ3) is 3.95. The van der Waals surface area contributed by atoms with Crippen LogP contribution in [0, 0.1) is 5.82 Å². The van der Waals surface area contributed by atoms with E-state index in [0.717, 1.165) is 4.47 Å². The van der Waals surface area contributed by atoms with E-state index < -0.39 is 5.82 Å². The smallest absolute Gasteiger partial charge is 0.228 e. The van der Waals surface area contributed by atoms with Gasteiger partial charge in [0.05, 0.1) is 16.5 Å². The van der Waals surface area contributed by atoms with Gasteiger partial charge in [0.15, 0.2) is 0 Å². The van der Waals surface area contributed by atoms with Crippen LogP contribution < -0.4 is 5.32 Å². The van der Waals surface area contributed by atoms with E-state index >= 15 is 0 Å². The van der Waals surface area contributed by atoms with Gasteiger partial charge in [-0.25, -0.2) is 4.39 Å². The zero-order valence-electron chi connectivity index (χ0n) is 10.1. The molecule has 0 aliphatic carbocycles. The molecule has 0 bridgehead atoms. The molecule has 2 rings (SSSR count). The number of halogens is 4. The van der Waals surface area contributed by atoms with Gasteiger partial charge in [0.25, 0.3) is 0 Å². The largest absolute Gasteiger partial charge is 0.326 e. The van der Waals surface area contributed by atoms with Gasteiger partial charge in [-0.3, -0.25) is 4.79 Å². The van der Waals surface area contributed by atoms with Crippen molar-refractivity contribution in [1.29, 1.82) is 0 Å². The maximum atomic E-state index is 13.5. The zero-order chi connectivity index (χ0) is 14.7. The molecule has 20 heavy (non-hydrogen) atoms. The average Bonchev–Trinajstić information content (AvgIpc) is 2.38. The van der Waals surface area contributed by atoms with Gasteiger partial charge in [-0.05, 0) is 42.0 Å². The predicted molar refractivity (Wildman–Crippen MR) is 82.9 cm³/mol. The normalized spacial score (nSPS) is 10.4. The number of carbonyl (C=O) groups excluding carboxylic acids is 1. The third-order valence-corrected chi connectivity index (χ3v) is 3.79. The maximum Gasteiger partial charge on any atom is 0.228 e. The van der Waals surface area contributed by atoms with Crippen LogP contribution in [0.1, 0.15) is 5.56 Å². The number of benzene rings is 2. The molecule has 2 aromatic carbocycles. The second kappa shape index (κ2) is 6.57. The van der Waals surface area contributed by atoms with Crippen LogP contribution in [0.15, 0.2) is 40.9 Å². The Hall–Kier alpha value is -1.10. The molecule has 104 valence electrons. The summed E-state index contributed by atoms with van der Waals surface area (Å²) in [5.74, 6) is -0.752. The highest BCUT2D eigenvalue weighted by Crippen LogP contribution is 2.25. The van der Waals surface area contributed by atoms with Crippen LogP contribution in [-0.4, -0.2) is 5.91 Å². The van der Waals surface area contributed by atoms with Crippen molar-refractivity contribution in [2.45, 2.75) is 6.42 Å². The molecule has 0 aromatic heterocycles. The topological polar surface area (TPSA) is 29.1 Å². The monoisotopic (exact) mass is 375 g/mol. The summed E-state index contributed by atoms with van der Waals surface area (Å²) in [6.45, 7) is 0. The summed E-state index contributed by atoms with van der Waals surface area (Å²) in [6, 6.07) is 9.22. The summed E-state index contributed by atoms with van der Waals surface area (Å²) in [7, 11) is 0. The van der Waals surface area contributed by atoms with Crippen LogP contribution >= 0.6 is 39.1 Å². The Kier molecular flexibility index (Phi) is 5.02. The van der Waals surface area contributed by atoms with Crippen molar-refractivity contribution in [3.05, 3.63) is 62.3 Å². The Morgan fingerprint density at radius 2 is 1.90 bits per heavy atom. The lowest BCUT2D eigenvalue weighted by Gasteiger charge is -2.07. The maximum absolute atomic E-state index is 13.5. The van der Waals surface area contributed by atoms with E-state index in [2.05, 4.69) is 21.2 Å². The molecule has 0 atom stereocenters.